The first-order valence-corrected chi connectivity index (χ1v) is 6.94. The highest BCUT2D eigenvalue weighted by molar-refractivity contribution is 6.07. The number of aryl methyl sites for hydroxylation is 1. The fraction of sp³-hybridized carbons (Fsp3) is 0.167. The molecular weight excluding hydrogens is 280 g/mol. The molecule has 0 saturated heterocycles. The normalized spacial score (nSPS) is 12.6. The second-order valence-electron chi connectivity index (χ2n) is 5.01. The molecule has 0 aliphatic carbocycles. The molecule has 0 saturated carbocycles. The molecule has 0 fully saturated rings. The van der Waals surface area contributed by atoms with Crippen molar-refractivity contribution in [2.45, 2.75) is 6.92 Å². The van der Waals surface area contributed by atoms with Gasteiger partial charge in [0.2, 0.25) is 6.79 Å². The number of methoxy groups -OCH3 is 1. The average Bonchev–Trinajstić information content (AvgIpc) is 3.00. The fourth-order valence-electron chi connectivity index (χ4n) is 2.30. The average molecular weight is 296 g/mol. The minimum atomic E-state index is -0.0955. The van der Waals surface area contributed by atoms with E-state index in [1.54, 1.807) is 31.4 Å². The molecule has 0 bridgehead atoms. The molecule has 0 N–H and O–H groups in total. The van der Waals surface area contributed by atoms with Crippen LogP contribution in [0.15, 0.2) is 42.5 Å². The van der Waals surface area contributed by atoms with Crippen LogP contribution in [0.2, 0.25) is 0 Å². The van der Waals surface area contributed by atoms with E-state index in [1.165, 1.54) is 6.08 Å². The Kier molecular flexibility index (Phi) is 3.83. The van der Waals surface area contributed by atoms with Crippen LogP contribution in [0.5, 0.6) is 17.2 Å². The van der Waals surface area contributed by atoms with E-state index in [2.05, 4.69) is 0 Å². The van der Waals surface area contributed by atoms with Crippen LogP contribution in [0.1, 0.15) is 21.5 Å². The standard InChI is InChI=1S/C18H16O4/c1-12-3-7-16(20-2)14(9-12)4-6-15(19)13-5-8-17-18(10-13)22-11-21-17/h3-10H,11H2,1-2H3/b6-4+. The number of allylic oxidation sites excluding steroid dienone is 1. The summed E-state index contributed by atoms with van der Waals surface area (Å²) in [6.45, 7) is 2.19. The molecule has 0 unspecified atom stereocenters. The third kappa shape index (κ3) is 2.81. The molecule has 2 aromatic carbocycles. The van der Waals surface area contributed by atoms with Gasteiger partial charge in [0.15, 0.2) is 17.3 Å². The monoisotopic (exact) mass is 296 g/mol. The molecule has 1 heterocycles. The third-order valence-corrected chi connectivity index (χ3v) is 3.46. The van der Waals surface area contributed by atoms with Gasteiger partial charge in [0.1, 0.15) is 5.75 Å². The number of benzene rings is 2. The Morgan fingerprint density at radius 1 is 1.14 bits per heavy atom. The van der Waals surface area contributed by atoms with Crippen molar-refractivity contribution in [1.82, 2.24) is 0 Å². The van der Waals surface area contributed by atoms with Gasteiger partial charge in [-0.25, -0.2) is 0 Å². The van der Waals surface area contributed by atoms with E-state index >= 15 is 0 Å². The predicted octanol–water partition coefficient (Wildman–Crippen LogP) is 3.63. The Balaban J connectivity index is 1.83. The van der Waals surface area contributed by atoms with Crippen LogP contribution in [0.4, 0.5) is 0 Å². The van der Waals surface area contributed by atoms with Crippen LogP contribution >= 0.6 is 0 Å². The number of rotatable bonds is 4. The quantitative estimate of drug-likeness (QED) is 0.638. The lowest BCUT2D eigenvalue weighted by molar-refractivity contribution is 0.104. The largest absolute Gasteiger partial charge is 0.496 e. The van der Waals surface area contributed by atoms with Crippen molar-refractivity contribution in [3.63, 3.8) is 0 Å². The van der Waals surface area contributed by atoms with Crippen molar-refractivity contribution in [3.05, 3.63) is 59.2 Å². The second-order valence-corrected chi connectivity index (χ2v) is 5.01. The van der Waals surface area contributed by atoms with Crippen LogP contribution in [0.25, 0.3) is 6.08 Å². The first-order chi connectivity index (χ1) is 10.7. The summed E-state index contributed by atoms with van der Waals surface area (Å²) in [6, 6.07) is 11.0. The summed E-state index contributed by atoms with van der Waals surface area (Å²) in [7, 11) is 1.61. The highest BCUT2D eigenvalue weighted by Gasteiger charge is 2.15. The van der Waals surface area contributed by atoms with Crippen molar-refractivity contribution < 1.29 is 19.0 Å². The maximum Gasteiger partial charge on any atom is 0.231 e. The molecule has 0 radical (unpaired) electrons. The lowest BCUT2D eigenvalue weighted by Gasteiger charge is -2.05. The maximum atomic E-state index is 12.3. The van der Waals surface area contributed by atoms with Crippen LogP contribution < -0.4 is 14.2 Å². The molecule has 1 aliphatic rings. The van der Waals surface area contributed by atoms with Crippen LogP contribution in [0.3, 0.4) is 0 Å². The molecule has 3 rings (SSSR count). The van der Waals surface area contributed by atoms with Crippen molar-refractivity contribution in [2.75, 3.05) is 13.9 Å². The second kappa shape index (κ2) is 5.93. The zero-order valence-corrected chi connectivity index (χ0v) is 12.5. The minimum absolute atomic E-state index is 0.0955. The molecular formula is C18H16O4. The van der Waals surface area contributed by atoms with E-state index in [9.17, 15) is 4.79 Å². The fourth-order valence-corrected chi connectivity index (χ4v) is 2.30. The van der Waals surface area contributed by atoms with Gasteiger partial charge in [-0.1, -0.05) is 11.6 Å². The summed E-state index contributed by atoms with van der Waals surface area (Å²) in [5, 5.41) is 0. The SMILES string of the molecule is COc1ccc(C)cc1/C=C/C(=O)c1ccc2c(c1)OCO2. The molecule has 4 heteroatoms. The van der Waals surface area contributed by atoms with Gasteiger partial charge >= 0.3 is 0 Å². The number of carbonyl (C=O) groups excluding carboxylic acids is 1. The Labute approximate surface area is 128 Å². The molecule has 0 atom stereocenters. The van der Waals surface area contributed by atoms with E-state index in [1.807, 2.05) is 25.1 Å². The van der Waals surface area contributed by atoms with Crippen molar-refractivity contribution in [2.24, 2.45) is 0 Å². The molecule has 4 nitrogen and oxygen atoms in total. The van der Waals surface area contributed by atoms with E-state index < -0.39 is 0 Å². The molecule has 1 aliphatic heterocycles. The van der Waals surface area contributed by atoms with Crippen molar-refractivity contribution in [1.29, 1.82) is 0 Å². The molecule has 0 amide bonds. The maximum absolute atomic E-state index is 12.3. The smallest absolute Gasteiger partial charge is 0.231 e. The summed E-state index contributed by atoms with van der Waals surface area (Å²) in [4.78, 5) is 12.3. The number of carbonyl (C=O) groups is 1. The van der Waals surface area contributed by atoms with E-state index in [0.717, 1.165) is 16.9 Å². The van der Waals surface area contributed by atoms with Gasteiger partial charge < -0.3 is 14.2 Å². The predicted molar refractivity (Wildman–Crippen MR) is 83.7 cm³/mol. The molecule has 0 aromatic heterocycles. The van der Waals surface area contributed by atoms with E-state index in [4.69, 9.17) is 14.2 Å². The van der Waals surface area contributed by atoms with Gasteiger partial charge in [-0.2, -0.15) is 0 Å². The first kappa shape index (κ1) is 14.2. The molecule has 22 heavy (non-hydrogen) atoms. The zero-order valence-electron chi connectivity index (χ0n) is 12.5. The number of ketones is 1. The van der Waals surface area contributed by atoms with E-state index in [-0.39, 0.29) is 12.6 Å². The first-order valence-electron chi connectivity index (χ1n) is 6.94. The highest BCUT2D eigenvalue weighted by atomic mass is 16.7. The summed E-state index contributed by atoms with van der Waals surface area (Å²) in [5.74, 6) is 1.91. The van der Waals surface area contributed by atoms with Gasteiger partial charge in [0.25, 0.3) is 0 Å². The van der Waals surface area contributed by atoms with Crippen molar-refractivity contribution in [3.8, 4) is 17.2 Å². The van der Waals surface area contributed by atoms with Gasteiger partial charge in [-0.05, 0) is 49.4 Å². The highest BCUT2D eigenvalue weighted by Crippen LogP contribution is 2.32. The Hall–Kier alpha value is -2.75. The van der Waals surface area contributed by atoms with Crippen LogP contribution in [0, 0.1) is 6.92 Å². The summed E-state index contributed by atoms with van der Waals surface area (Å²) >= 11 is 0. The van der Waals surface area contributed by atoms with Gasteiger partial charge in [-0.15, -0.1) is 0 Å². The van der Waals surface area contributed by atoms with Crippen LogP contribution in [-0.4, -0.2) is 19.7 Å². The van der Waals surface area contributed by atoms with E-state index in [0.29, 0.717) is 17.1 Å². The Morgan fingerprint density at radius 2 is 1.95 bits per heavy atom. The van der Waals surface area contributed by atoms with Gasteiger partial charge in [-0.3, -0.25) is 4.79 Å². The van der Waals surface area contributed by atoms with Crippen molar-refractivity contribution >= 4 is 11.9 Å². The summed E-state index contributed by atoms with van der Waals surface area (Å²) < 4.78 is 15.8. The lowest BCUT2D eigenvalue weighted by Crippen LogP contribution is -1.95. The topological polar surface area (TPSA) is 44.8 Å². The lowest BCUT2D eigenvalue weighted by atomic mass is 10.1. The molecule has 112 valence electrons. The van der Waals surface area contributed by atoms with Gasteiger partial charge in [0.05, 0.1) is 7.11 Å². The van der Waals surface area contributed by atoms with Gasteiger partial charge in [0, 0.05) is 11.1 Å². The molecule has 0 spiro atoms. The summed E-state index contributed by atoms with van der Waals surface area (Å²) in [6.07, 6.45) is 3.30. The Bertz CT molecular complexity index is 747. The Morgan fingerprint density at radius 3 is 2.77 bits per heavy atom. The zero-order chi connectivity index (χ0) is 15.5. The number of hydrogen-bond donors (Lipinski definition) is 0. The number of hydrogen-bond acceptors (Lipinski definition) is 4. The minimum Gasteiger partial charge on any atom is -0.496 e. The molecule has 2 aromatic rings. The van der Waals surface area contributed by atoms with Crippen LogP contribution in [-0.2, 0) is 0 Å². The summed E-state index contributed by atoms with van der Waals surface area (Å²) in [5.41, 5.74) is 2.54. The number of ether oxygens (including phenoxy) is 3. The number of fused-ring (bicyclic) bond motifs is 1. The third-order valence-electron chi connectivity index (χ3n) is 3.46.